The van der Waals surface area contributed by atoms with Gasteiger partial charge >= 0.3 is 0 Å². The van der Waals surface area contributed by atoms with Gasteiger partial charge in [0.15, 0.2) is 5.96 Å². The average molecular weight is 469 g/mol. The van der Waals surface area contributed by atoms with Gasteiger partial charge in [0.2, 0.25) is 0 Å². The molecule has 1 fully saturated rings. The summed E-state index contributed by atoms with van der Waals surface area (Å²) in [7, 11) is 1.13. The molecule has 1 aliphatic carbocycles. The molecule has 0 amide bonds. The van der Waals surface area contributed by atoms with E-state index in [4.69, 9.17) is 0 Å². The molecule has 4 nitrogen and oxygen atoms in total. The SMILES string of the molecule is CCS(=O)C1CCCC(NC(=NC)NCCc2ccsc2)C1.I. The van der Waals surface area contributed by atoms with E-state index in [0.29, 0.717) is 11.3 Å². The summed E-state index contributed by atoms with van der Waals surface area (Å²) < 4.78 is 12.0. The fraction of sp³-hybridized carbons (Fsp3) is 0.688. The predicted molar refractivity (Wildman–Crippen MR) is 113 cm³/mol. The smallest absolute Gasteiger partial charge is 0.191 e. The highest BCUT2D eigenvalue weighted by Gasteiger charge is 2.25. The quantitative estimate of drug-likeness (QED) is 0.383. The van der Waals surface area contributed by atoms with Gasteiger partial charge in [-0.1, -0.05) is 13.3 Å². The van der Waals surface area contributed by atoms with Gasteiger partial charge < -0.3 is 10.6 Å². The summed E-state index contributed by atoms with van der Waals surface area (Å²) in [6.07, 6.45) is 5.40. The van der Waals surface area contributed by atoms with Crippen molar-refractivity contribution in [2.24, 2.45) is 4.99 Å². The Morgan fingerprint density at radius 1 is 1.48 bits per heavy atom. The van der Waals surface area contributed by atoms with Crippen LogP contribution in [0.1, 0.15) is 38.2 Å². The molecular formula is C16H28IN3OS2. The maximum Gasteiger partial charge on any atom is 0.191 e. The van der Waals surface area contributed by atoms with Gasteiger partial charge in [-0.05, 0) is 48.1 Å². The molecule has 0 aliphatic heterocycles. The van der Waals surface area contributed by atoms with Gasteiger partial charge in [0.1, 0.15) is 0 Å². The molecule has 1 aromatic heterocycles. The Balaban J connectivity index is 0.00000264. The summed E-state index contributed by atoms with van der Waals surface area (Å²) in [4.78, 5) is 4.31. The molecule has 1 saturated carbocycles. The Bertz CT molecular complexity index is 494. The van der Waals surface area contributed by atoms with E-state index in [0.717, 1.165) is 50.4 Å². The molecule has 1 aromatic rings. The first-order valence-corrected chi connectivity index (χ1v) is 10.4. The van der Waals surface area contributed by atoms with Crippen molar-refractivity contribution in [2.75, 3.05) is 19.3 Å². The van der Waals surface area contributed by atoms with Crippen molar-refractivity contribution in [3.05, 3.63) is 22.4 Å². The lowest BCUT2D eigenvalue weighted by molar-refractivity contribution is 0.413. The molecule has 2 rings (SSSR count). The predicted octanol–water partition coefficient (Wildman–Crippen LogP) is 3.15. The number of guanidine groups is 1. The Labute approximate surface area is 163 Å². The highest BCUT2D eigenvalue weighted by atomic mass is 127. The van der Waals surface area contributed by atoms with Crippen LogP contribution in [0.3, 0.4) is 0 Å². The van der Waals surface area contributed by atoms with Crippen LogP contribution < -0.4 is 10.6 Å². The van der Waals surface area contributed by atoms with Crippen LogP contribution in [-0.4, -0.2) is 40.8 Å². The van der Waals surface area contributed by atoms with Crippen molar-refractivity contribution >= 4 is 52.1 Å². The fourth-order valence-electron chi connectivity index (χ4n) is 2.90. The lowest BCUT2D eigenvalue weighted by atomic mass is 9.95. The summed E-state index contributed by atoms with van der Waals surface area (Å²) >= 11 is 1.74. The third-order valence-electron chi connectivity index (χ3n) is 4.13. The van der Waals surface area contributed by atoms with Crippen LogP contribution in [0.2, 0.25) is 0 Å². The minimum atomic E-state index is -0.676. The van der Waals surface area contributed by atoms with Crippen LogP contribution in [0, 0.1) is 0 Å². The zero-order chi connectivity index (χ0) is 15.8. The van der Waals surface area contributed by atoms with E-state index in [2.05, 4.69) is 32.5 Å². The second-order valence-corrected chi connectivity index (χ2v) is 8.47. The molecule has 0 radical (unpaired) electrons. The lowest BCUT2D eigenvalue weighted by Gasteiger charge is -2.30. The van der Waals surface area contributed by atoms with Crippen molar-refractivity contribution < 1.29 is 4.21 Å². The largest absolute Gasteiger partial charge is 0.356 e. The molecule has 3 unspecified atom stereocenters. The molecule has 1 aliphatic rings. The highest BCUT2D eigenvalue weighted by Crippen LogP contribution is 2.22. The van der Waals surface area contributed by atoms with Gasteiger partial charge in [-0.2, -0.15) is 11.3 Å². The molecule has 0 aromatic carbocycles. The van der Waals surface area contributed by atoms with Gasteiger partial charge in [-0.15, -0.1) is 24.0 Å². The monoisotopic (exact) mass is 469 g/mol. The van der Waals surface area contributed by atoms with Crippen LogP contribution in [0.5, 0.6) is 0 Å². The molecular weight excluding hydrogens is 441 g/mol. The van der Waals surface area contributed by atoms with Crippen molar-refractivity contribution in [3.8, 4) is 0 Å². The number of hydrogen-bond acceptors (Lipinski definition) is 3. The van der Waals surface area contributed by atoms with E-state index in [9.17, 15) is 4.21 Å². The Kier molecular flexibility index (Phi) is 10.4. The first-order valence-electron chi connectivity index (χ1n) is 8.08. The summed E-state index contributed by atoms with van der Waals surface area (Å²) in [6, 6.07) is 2.55. The van der Waals surface area contributed by atoms with E-state index >= 15 is 0 Å². The standard InChI is InChI=1S/C16H27N3OS2.HI/c1-3-22(20)15-6-4-5-14(11-15)19-16(17-2)18-9-7-13-8-10-21-12-13;/h8,10,12,14-15H,3-7,9,11H2,1-2H3,(H2,17,18,19);1H. The van der Waals surface area contributed by atoms with E-state index in [1.54, 1.807) is 11.3 Å². The van der Waals surface area contributed by atoms with Crippen LogP contribution in [-0.2, 0) is 17.2 Å². The zero-order valence-corrected chi connectivity index (χ0v) is 17.9. The summed E-state index contributed by atoms with van der Waals surface area (Å²) in [5.41, 5.74) is 1.36. The van der Waals surface area contributed by atoms with Crippen molar-refractivity contribution in [1.82, 2.24) is 10.6 Å². The van der Waals surface area contributed by atoms with Crippen molar-refractivity contribution in [1.29, 1.82) is 0 Å². The number of nitrogens with zero attached hydrogens (tertiary/aromatic N) is 1. The average Bonchev–Trinajstić information content (AvgIpc) is 3.06. The van der Waals surface area contributed by atoms with Gasteiger partial charge in [0.05, 0.1) is 0 Å². The fourth-order valence-corrected chi connectivity index (χ4v) is 4.95. The normalized spacial score (nSPS) is 23.0. The third-order valence-corrected chi connectivity index (χ3v) is 6.61. The molecule has 0 spiro atoms. The second kappa shape index (κ2) is 11.4. The van der Waals surface area contributed by atoms with Gasteiger partial charge in [-0.3, -0.25) is 9.20 Å². The Morgan fingerprint density at radius 3 is 2.96 bits per heavy atom. The number of halogens is 1. The molecule has 1 heterocycles. The zero-order valence-electron chi connectivity index (χ0n) is 13.9. The van der Waals surface area contributed by atoms with Crippen molar-refractivity contribution in [3.63, 3.8) is 0 Å². The minimum Gasteiger partial charge on any atom is -0.356 e. The number of hydrogen-bond donors (Lipinski definition) is 2. The first-order chi connectivity index (χ1) is 10.7. The first kappa shape index (κ1) is 20.9. The van der Waals surface area contributed by atoms with Crippen LogP contribution >= 0.6 is 35.3 Å². The number of rotatable bonds is 6. The Morgan fingerprint density at radius 2 is 2.30 bits per heavy atom. The summed E-state index contributed by atoms with van der Waals surface area (Å²) in [5.74, 6) is 1.63. The molecule has 23 heavy (non-hydrogen) atoms. The van der Waals surface area contributed by atoms with Gasteiger partial charge in [0, 0.05) is 41.4 Å². The van der Waals surface area contributed by atoms with Crippen LogP contribution in [0.4, 0.5) is 0 Å². The molecule has 132 valence electrons. The topological polar surface area (TPSA) is 53.5 Å². The number of aliphatic imine (C=N–C) groups is 1. The van der Waals surface area contributed by atoms with Crippen molar-refractivity contribution in [2.45, 2.75) is 50.3 Å². The number of nitrogens with one attached hydrogen (secondary N) is 2. The summed E-state index contributed by atoms with van der Waals surface area (Å²) in [5, 5.41) is 11.5. The van der Waals surface area contributed by atoms with Crippen LogP contribution in [0.15, 0.2) is 21.8 Å². The second-order valence-electron chi connectivity index (χ2n) is 5.68. The van der Waals surface area contributed by atoms with E-state index < -0.39 is 10.8 Å². The lowest BCUT2D eigenvalue weighted by Crippen LogP contribution is -2.47. The molecule has 2 N–H and O–H groups in total. The third kappa shape index (κ3) is 7.09. The summed E-state index contributed by atoms with van der Waals surface area (Å²) in [6.45, 7) is 2.89. The highest BCUT2D eigenvalue weighted by molar-refractivity contribution is 14.0. The molecule has 7 heteroatoms. The number of thiophene rings is 1. The van der Waals surface area contributed by atoms with E-state index in [1.807, 2.05) is 14.0 Å². The van der Waals surface area contributed by atoms with E-state index in [-0.39, 0.29) is 24.0 Å². The van der Waals surface area contributed by atoms with Crippen LogP contribution in [0.25, 0.3) is 0 Å². The molecule has 0 saturated heterocycles. The van der Waals surface area contributed by atoms with Gasteiger partial charge in [-0.25, -0.2) is 0 Å². The molecule has 0 bridgehead atoms. The maximum absolute atomic E-state index is 12.0. The van der Waals surface area contributed by atoms with E-state index in [1.165, 1.54) is 5.56 Å². The van der Waals surface area contributed by atoms with Gasteiger partial charge in [0.25, 0.3) is 0 Å². The maximum atomic E-state index is 12.0. The molecule has 3 atom stereocenters. The minimum absolute atomic E-state index is 0. The Hall–Kier alpha value is -0.150.